The van der Waals surface area contributed by atoms with Gasteiger partial charge in [0.05, 0.1) is 12.7 Å². The number of methoxy groups -OCH3 is 4. The van der Waals surface area contributed by atoms with Crippen molar-refractivity contribution in [1.29, 1.82) is 0 Å². The Kier molecular flexibility index (Phi) is 14.9. The van der Waals surface area contributed by atoms with Crippen molar-refractivity contribution in [3.05, 3.63) is 0 Å². The van der Waals surface area contributed by atoms with Gasteiger partial charge in [-0.2, -0.15) is 0 Å². The first-order valence-electron chi connectivity index (χ1n) is 8.83. The number of hydrogen-bond donors (Lipinski definition) is 0. The second-order valence-electron chi connectivity index (χ2n) is 5.93. The van der Waals surface area contributed by atoms with E-state index in [-0.39, 0.29) is 52.1 Å². The molecule has 0 bridgehead atoms. The number of ether oxygens (including phenoxy) is 9. The Morgan fingerprint density at radius 1 is 0.704 bits per heavy atom. The summed E-state index contributed by atoms with van der Waals surface area (Å²) in [6, 6.07) is 0. The summed E-state index contributed by atoms with van der Waals surface area (Å²) in [5.74, 6) is 0. The molecule has 162 valence electrons. The fraction of sp³-hybridized carbons (Fsp3) is 1.00. The number of halogens is 1. The molecule has 5 atom stereocenters. The summed E-state index contributed by atoms with van der Waals surface area (Å²) in [6.07, 6.45) is -0.189. The van der Waals surface area contributed by atoms with Crippen molar-refractivity contribution in [2.24, 2.45) is 0 Å². The molecule has 0 N–H and O–H groups in total. The molecule has 1 aliphatic heterocycles. The van der Waals surface area contributed by atoms with Crippen LogP contribution in [0.1, 0.15) is 12.8 Å². The average molecular weight is 461 g/mol. The van der Waals surface area contributed by atoms with Gasteiger partial charge in [0, 0.05) is 33.8 Å². The zero-order valence-electron chi connectivity index (χ0n) is 16.6. The first kappa shape index (κ1) is 25.2. The number of alkyl halides is 1. The molecule has 0 aromatic rings. The van der Waals surface area contributed by atoms with E-state index in [0.717, 1.165) is 18.2 Å². The van der Waals surface area contributed by atoms with Crippen molar-refractivity contribution < 1.29 is 42.6 Å². The summed E-state index contributed by atoms with van der Waals surface area (Å²) >= 11 is 3.46. The minimum absolute atomic E-state index is 0.0880. The van der Waals surface area contributed by atoms with Crippen molar-refractivity contribution in [2.45, 2.75) is 43.4 Å². The SMILES string of the molecule is COCOCC1OC(CCCBr)C(OCOC)C(OCOC)C1OCOC. The van der Waals surface area contributed by atoms with E-state index in [1.165, 1.54) is 0 Å². The second kappa shape index (κ2) is 16.0. The Balaban J connectivity index is 2.99. The third-order valence-electron chi connectivity index (χ3n) is 3.97. The highest BCUT2D eigenvalue weighted by molar-refractivity contribution is 9.09. The predicted molar refractivity (Wildman–Crippen MR) is 99.8 cm³/mol. The lowest BCUT2D eigenvalue weighted by Crippen LogP contribution is -2.61. The predicted octanol–water partition coefficient (Wildman–Crippen LogP) is 1.52. The highest BCUT2D eigenvalue weighted by Crippen LogP contribution is 2.31. The smallest absolute Gasteiger partial charge is 0.146 e. The van der Waals surface area contributed by atoms with E-state index in [1.807, 2.05) is 0 Å². The topological polar surface area (TPSA) is 83.1 Å². The highest BCUT2D eigenvalue weighted by atomic mass is 79.9. The van der Waals surface area contributed by atoms with Crippen LogP contribution in [0.2, 0.25) is 0 Å². The van der Waals surface area contributed by atoms with Crippen LogP contribution in [0, 0.1) is 0 Å². The lowest BCUT2D eigenvalue weighted by Gasteiger charge is -2.46. The quantitative estimate of drug-likeness (QED) is 0.193. The van der Waals surface area contributed by atoms with E-state index in [4.69, 9.17) is 42.6 Å². The fourth-order valence-electron chi connectivity index (χ4n) is 2.92. The van der Waals surface area contributed by atoms with Crippen LogP contribution in [0.5, 0.6) is 0 Å². The van der Waals surface area contributed by atoms with Crippen LogP contribution in [0.3, 0.4) is 0 Å². The maximum Gasteiger partial charge on any atom is 0.146 e. The Labute approximate surface area is 169 Å². The first-order chi connectivity index (χ1) is 13.2. The van der Waals surface area contributed by atoms with Crippen LogP contribution in [-0.4, -0.2) is 98.1 Å². The molecular formula is C17H33BrO9. The third-order valence-corrected chi connectivity index (χ3v) is 4.53. The summed E-state index contributed by atoms with van der Waals surface area (Å²) in [5, 5.41) is 0.863. The normalized spacial score (nSPS) is 28.6. The Bertz CT molecular complexity index is 350. The van der Waals surface area contributed by atoms with E-state index < -0.39 is 12.2 Å². The molecule has 1 heterocycles. The molecule has 27 heavy (non-hydrogen) atoms. The number of rotatable bonds is 16. The van der Waals surface area contributed by atoms with Crippen molar-refractivity contribution in [2.75, 3.05) is 67.5 Å². The average Bonchev–Trinajstić information content (AvgIpc) is 2.68. The summed E-state index contributed by atoms with van der Waals surface area (Å²) in [6.45, 7) is 0.756. The van der Waals surface area contributed by atoms with Crippen molar-refractivity contribution in [3.8, 4) is 0 Å². The van der Waals surface area contributed by atoms with Gasteiger partial charge in [-0.05, 0) is 12.8 Å². The molecule has 10 heteroatoms. The van der Waals surface area contributed by atoms with Gasteiger partial charge in [0.15, 0.2) is 0 Å². The fourth-order valence-corrected chi connectivity index (χ4v) is 3.24. The van der Waals surface area contributed by atoms with Gasteiger partial charge >= 0.3 is 0 Å². The lowest BCUT2D eigenvalue weighted by atomic mass is 9.92. The molecular weight excluding hydrogens is 428 g/mol. The molecule has 1 saturated heterocycles. The first-order valence-corrected chi connectivity index (χ1v) is 9.95. The molecule has 1 aliphatic rings. The highest BCUT2D eigenvalue weighted by Gasteiger charge is 2.48. The van der Waals surface area contributed by atoms with E-state index in [9.17, 15) is 0 Å². The van der Waals surface area contributed by atoms with Gasteiger partial charge < -0.3 is 42.6 Å². The van der Waals surface area contributed by atoms with Crippen molar-refractivity contribution >= 4 is 15.9 Å². The maximum atomic E-state index is 6.28. The van der Waals surface area contributed by atoms with Crippen LogP contribution in [0.25, 0.3) is 0 Å². The molecule has 1 fully saturated rings. The zero-order chi connectivity index (χ0) is 19.9. The van der Waals surface area contributed by atoms with Crippen molar-refractivity contribution in [3.63, 3.8) is 0 Å². The number of hydrogen-bond acceptors (Lipinski definition) is 9. The lowest BCUT2D eigenvalue weighted by molar-refractivity contribution is -0.298. The van der Waals surface area contributed by atoms with Gasteiger partial charge in [0.1, 0.15) is 51.6 Å². The molecule has 0 aliphatic carbocycles. The largest absolute Gasteiger partial charge is 0.367 e. The van der Waals surface area contributed by atoms with Gasteiger partial charge in [-0.3, -0.25) is 0 Å². The Hall–Kier alpha value is 0.120. The van der Waals surface area contributed by atoms with E-state index in [1.54, 1.807) is 28.4 Å². The molecule has 9 nitrogen and oxygen atoms in total. The van der Waals surface area contributed by atoms with Crippen LogP contribution in [-0.2, 0) is 42.6 Å². The van der Waals surface area contributed by atoms with Crippen LogP contribution < -0.4 is 0 Å². The molecule has 0 radical (unpaired) electrons. The third kappa shape index (κ3) is 8.99. The maximum absolute atomic E-state index is 6.28. The van der Waals surface area contributed by atoms with Crippen LogP contribution >= 0.6 is 15.9 Å². The Morgan fingerprint density at radius 2 is 1.22 bits per heavy atom. The molecule has 0 aromatic carbocycles. The molecule has 1 rings (SSSR count). The van der Waals surface area contributed by atoms with Gasteiger partial charge in [-0.1, -0.05) is 15.9 Å². The van der Waals surface area contributed by atoms with E-state index in [2.05, 4.69) is 15.9 Å². The summed E-state index contributed by atoms with van der Waals surface area (Å²) in [4.78, 5) is 0. The van der Waals surface area contributed by atoms with Crippen LogP contribution in [0.4, 0.5) is 0 Å². The minimum Gasteiger partial charge on any atom is -0.367 e. The summed E-state index contributed by atoms with van der Waals surface area (Å²) in [5.41, 5.74) is 0. The molecule has 0 spiro atoms. The van der Waals surface area contributed by atoms with E-state index >= 15 is 0 Å². The van der Waals surface area contributed by atoms with Crippen molar-refractivity contribution in [1.82, 2.24) is 0 Å². The summed E-state index contributed by atoms with van der Waals surface area (Å²) in [7, 11) is 6.26. The monoisotopic (exact) mass is 460 g/mol. The molecule has 5 unspecified atom stereocenters. The van der Waals surface area contributed by atoms with Gasteiger partial charge in [-0.15, -0.1) is 0 Å². The summed E-state index contributed by atoms with van der Waals surface area (Å²) < 4.78 is 49.8. The molecule has 0 saturated carbocycles. The van der Waals surface area contributed by atoms with Gasteiger partial charge in [0.25, 0.3) is 0 Å². The molecule has 0 aromatic heterocycles. The van der Waals surface area contributed by atoms with Gasteiger partial charge in [-0.25, -0.2) is 0 Å². The Morgan fingerprint density at radius 3 is 1.74 bits per heavy atom. The zero-order valence-corrected chi connectivity index (χ0v) is 18.2. The standard InChI is InChI=1S/C17H33BrO9/c1-19-9-23-8-14-16(25-11-21-3)17(26-12-22-4)15(24-10-20-2)13(27-14)6-5-7-18/h13-17H,5-12H2,1-4H3. The molecule has 0 amide bonds. The second-order valence-corrected chi connectivity index (χ2v) is 6.73. The van der Waals surface area contributed by atoms with Crippen LogP contribution in [0.15, 0.2) is 0 Å². The van der Waals surface area contributed by atoms with E-state index in [0.29, 0.717) is 0 Å². The minimum atomic E-state index is -0.473. The van der Waals surface area contributed by atoms with Gasteiger partial charge in [0.2, 0.25) is 0 Å².